The summed E-state index contributed by atoms with van der Waals surface area (Å²) in [5, 5.41) is 9.50. The largest absolute Gasteiger partial charge is 0.545 e. The predicted molar refractivity (Wildman–Crippen MR) is 23.2 cm³/mol. The van der Waals surface area contributed by atoms with Crippen LogP contribution in [0.5, 0.6) is 0 Å². The van der Waals surface area contributed by atoms with Crippen LogP contribution in [0.3, 0.4) is 0 Å². The van der Waals surface area contributed by atoms with Crippen molar-refractivity contribution >= 4 is 5.97 Å². The van der Waals surface area contributed by atoms with Gasteiger partial charge in [-0.3, -0.25) is 0 Å². The average molecular weight is 100 g/mol. The molecule has 0 aliphatic heterocycles. The number of aliphatic carboxylic acids is 1. The van der Waals surface area contributed by atoms with Crippen LogP contribution in [0.25, 0.3) is 0 Å². The van der Waals surface area contributed by atoms with Crippen LogP contribution in [0.15, 0.2) is 12.2 Å². The van der Waals surface area contributed by atoms with Gasteiger partial charge < -0.3 is 15.6 Å². The van der Waals surface area contributed by atoms with Crippen molar-refractivity contribution in [2.45, 2.75) is 0 Å². The van der Waals surface area contributed by atoms with Gasteiger partial charge in [-0.1, -0.05) is 6.08 Å². The van der Waals surface area contributed by atoms with E-state index in [1.165, 1.54) is 6.08 Å². The van der Waals surface area contributed by atoms with Crippen LogP contribution >= 0.6 is 0 Å². The first kappa shape index (κ1) is 6.17. The highest BCUT2D eigenvalue weighted by Gasteiger charge is 1.66. The van der Waals surface area contributed by atoms with E-state index in [9.17, 15) is 9.90 Å². The molecule has 0 aromatic heterocycles. The van der Waals surface area contributed by atoms with Crippen molar-refractivity contribution in [2.24, 2.45) is 5.73 Å². The fourth-order valence-electron chi connectivity index (χ4n) is 0.164. The van der Waals surface area contributed by atoms with Crippen LogP contribution in [0.4, 0.5) is 0 Å². The first-order chi connectivity index (χ1) is 3.27. The molecule has 0 unspecified atom stereocenters. The Morgan fingerprint density at radius 3 is 2.57 bits per heavy atom. The van der Waals surface area contributed by atoms with E-state index in [4.69, 9.17) is 5.73 Å². The summed E-state index contributed by atoms with van der Waals surface area (Å²) >= 11 is 0. The molecule has 0 rings (SSSR count). The zero-order chi connectivity index (χ0) is 5.70. The summed E-state index contributed by atoms with van der Waals surface area (Å²) < 4.78 is 0. The molecule has 0 spiro atoms. The Morgan fingerprint density at radius 2 is 2.43 bits per heavy atom. The average Bonchev–Trinajstić information content (AvgIpc) is 1.61. The Labute approximate surface area is 41.4 Å². The summed E-state index contributed by atoms with van der Waals surface area (Å²) in [6.07, 6.45) is 2.22. The van der Waals surface area contributed by atoms with Crippen molar-refractivity contribution in [3.63, 3.8) is 0 Å². The Kier molecular flexibility index (Phi) is 2.96. The van der Waals surface area contributed by atoms with Gasteiger partial charge in [-0.25, -0.2) is 0 Å². The van der Waals surface area contributed by atoms with E-state index in [0.29, 0.717) is 0 Å². The number of carboxylic acids is 1. The maximum Gasteiger partial charge on any atom is 0.0640 e. The van der Waals surface area contributed by atoms with Gasteiger partial charge in [0.15, 0.2) is 0 Å². The third-order valence-electron chi connectivity index (χ3n) is 0.390. The predicted octanol–water partition coefficient (Wildman–Crippen LogP) is -1.75. The van der Waals surface area contributed by atoms with Crippen molar-refractivity contribution in [3.05, 3.63) is 12.2 Å². The van der Waals surface area contributed by atoms with Crippen molar-refractivity contribution in [3.8, 4) is 0 Å². The third kappa shape index (κ3) is 5.17. The molecule has 3 heteroatoms. The fraction of sp³-hybridized carbons (Fsp3) is 0.250. The lowest BCUT2D eigenvalue weighted by atomic mass is 10.5. The molecule has 0 aliphatic rings. The van der Waals surface area contributed by atoms with Crippen molar-refractivity contribution in [2.75, 3.05) is 6.54 Å². The van der Waals surface area contributed by atoms with Gasteiger partial charge in [-0.2, -0.15) is 0 Å². The molecule has 0 aromatic rings. The molecule has 0 fully saturated rings. The van der Waals surface area contributed by atoms with Crippen LogP contribution in [0.2, 0.25) is 0 Å². The number of carbonyl (C=O) groups is 1. The molecule has 7 heavy (non-hydrogen) atoms. The zero-order valence-electron chi connectivity index (χ0n) is 3.76. The molecule has 0 aliphatic carbocycles. The monoisotopic (exact) mass is 100 g/mol. The maximum atomic E-state index is 9.50. The zero-order valence-corrected chi connectivity index (χ0v) is 3.76. The first-order valence-electron chi connectivity index (χ1n) is 1.85. The number of hydrogen-bond donors (Lipinski definition) is 1. The highest BCUT2D eigenvalue weighted by Crippen LogP contribution is 1.61. The first-order valence-corrected chi connectivity index (χ1v) is 1.85. The highest BCUT2D eigenvalue weighted by molar-refractivity contribution is 5.77. The van der Waals surface area contributed by atoms with E-state index in [1.807, 2.05) is 0 Å². The number of rotatable bonds is 2. The molecular formula is C4H6NO2-. The normalized spacial score (nSPS) is 9.86. The van der Waals surface area contributed by atoms with Crippen LogP contribution in [0, 0.1) is 0 Å². The van der Waals surface area contributed by atoms with E-state index in [2.05, 4.69) is 0 Å². The minimum absolute atomic E-state index is 0.244. The minimum atomic E-state index is -1.20. The molecule has 3 nitrogen and oxygen atoms in total. The van der Waals surface area contributed by atoms with Gasteiger partial charge in [0.25, 0.3) is 0 Å². The summed E-state index contributed by atoms with van der Waals surface area (Å²) in [4.78, 5) is 9.50. The summed E-state index contributed by atoms with van der Waals surface area (Å²) in [5.41, 5.74) is 4.90. The second-order valence-electron chi connectivity index (χ2n) is 0.957. The molecule has 40 valence electrons. The van der Waals surface area contributed by atoms with Crippen molar-refractivity contribution in [1.82, 2.24) is 0 Å². The van der Waals surface area contributed by atoms with Crippen molar-refractivity contribution in [1.29, 1.82) is 0 Å². The molecular weight excluding hydrogens is 94.0 g/mol. The van der Waals surface area contributed by atoms with E-state index in [0.717, 1.165) is 6.08 Å². The van der Waals surface area contributed by atoms with E-state index in [1.54, 1.807) is 0 Å². The van der Waals surface area contributed by atoms with Gasteiger partial charge in [0.2, 0.25) is 0 Å². The Morgan fingerprint density at radius 1 is 1.86 bits per heavy atom. The van der Waals surface area contributed by atoms with Gasteiger partial charge in [-0.15, -0.1) is 0 Å². The summed E-state index contributed by atoms with van der Waals surface area (Å²) in [5.74, 6) is -1.20. The molecule has 0 saturated carbocycles. The molecule has 0 aromatic carbocycles. The van der Waals surface area contributed by atoms with Crippen LogP contribution in [-0.2, 0) is 4.79 Å². The number of nitrogens with two attached hydrogens (primary N) is 1. The van der Waals surface area contributed by atoms with Gasteiger partial charge >= 0.3 is 0 Å². The standard InChI is InChI=1S/C4H7NO2/c5-3-1-2-4(6)7/h1-2H,3,5H2,(H,6,7)/p-1/b2-1+. The molecule has 0 atom stereocenters. The Bertz CT molecular complexity index is 87.7. The van der Waals surface area contributed by atoms with Crippen LogP contribution in [0.1, 0.15) is 0 Å². The van der Waals surface area contributed by atoms with E-state index < -0.39 is 5.97 Å². The fourth-order valence-corrected chi connectivity index (χ4v) is 0.164. The Balaban J connectivity index is 3.26. The molecule has 0 saturated heterocycles. The third-order valence-corrected chi connectivity index (χ3v) is 0.390. The summed E-state index contributed by atoms with van der Waals surface area (Å²) in [6.45, 7) is 0.244. The lowest BCUT2D eigenvalue weighted by molar-refractivity contribution is -0.297. The molecule has 0 radical (unpaired) electrons. The quantitative estimate of drug-likeness (QED) is 0.418. The Hall–Kier alpha value is -0.830. The maximum absolute atomic E-state index is 9.50. The number of carboxylic acid groups (broad SMARTS) is 1. The molecule has 0 heterocycles. The molecule has 0 bridgehead atoms. The smallest absolute Gasteiger partial charge is 0.0640 e. The van der Waals surface area contributed by atoms with E-state index >= 15 is 0 Å². The summed E-state index contributed by atoms with van der Waals surface area (Å²) in [7, 11) is 0. The van der Waals surface area contributed by atoms with Gasteiger partial charge in [0, 0.05) is 6.54 Å². The second-order valence-corrected chi connectivity index (χ2v) is 0.957. The summed E-state index contributed by atoms with van der Waals surface area (Å²) in [6, 6.07) is 0. The van der Waals surface area contributed by atoms with Crippen LogP contribution in [-0.4, -0.2) is 12.5 Å². The van der Waals surface area contributed by atoms with E-state index in [-0.39, 0.29) is 6.54 Å². The van der Waals surface area contributed by atoms with Gasteiger partial charge in [0.05, 0.1) is 5.97 Å². The number of hydrogen-bond acceptors (Lipinski definition) is 3. The highest BCUT2D eigenvalue weighted by atomic mass is 16.4. The van der Waals surface area contributed by atoms with Crippen LogP contribution < -0.4 is 10.8 Å². The lowest BCUT2D eigenvalue weighted by Gasteiger charge is -1.85. The molecule has 2 N–H and O–H groups in total. The minimum Gasteiger partial charge on any atom is -0.545 e. The van der Waals surface area contributed by atoms with Crippen molar-refractivity contribution < 1.29 is 9.90 Å². The van der Waals surface area contributed by atoms with Gasteiger partial charge in [-0.05, 0) is 6.08 Å². The molecule has 0 amide bonds. The lowest BCUT2D eigenvalue weighted by Crippen LogP contribution is -2.19. The topological polar surface area (TPSA) is 66.2 Å². The van der Waals surface area contributed by atoms with Gasteiger partial charge in [0.1, 0.15) is 0 Å². The number of carbonyl (C=O) groups excluding carboxylic acids is 1. The second kappa shape index (κ2) is 3.36. The SMILES string of the molecule is NC/C=C/C(=O)[O-].